The van der Waals surface area contributed by atoms with Gasteiger partial charge < -0.3 is 5.73 Å². The molecule has 2 N–H and O–H groups in total. The van der Waals surface area contributed by atoms with Crippen molar-refractivity contribution in [3.8, 4) is 0 Å². The summed E-state index contributed by atoms with van der Waals surface area (Å²) in [6, 6.07) is 7.29. The maximum Gasteiger partial charge on any atom is 0.152 e. The molecule has 4 heteroatoms. The van der Waals surface area contributed by atoms with Gasteiger partial charge in [-0.3, -0.25) is 0 Å². The van der Waals surface area contributed by atoms with Crippen LogP contribution in [-0.4, -0.2) is 19.9 Å². The average Bonchev–Trinajstić information content (AvgIpc) is 2.26. The van der Waals surface area contributed by atoms with Crippen LogP contribution in [0.3, 0.4) is 0 Å². The lowest BCUT2D eigenvalue weighted by Crippen LogP contribution is -2.24. The number of hydrogen-bond acceptors (Lipinski definition) is 3. The molecule has 0 saturated heterocycles. The van der Waals surface area contributed by atoms with Gasteiger partial charge in [0.2, 0.25) is 0 Å². The van der Waals surface area contributed by atoms with E-state index in [9.17, 15) is 8.42 Å². The van der Waals surface area contributed by atoms with Crippen molar-refractivity contribution in [2.24, 2.45) is 11.7 Å². The van der Waals surface area contributed by atoms with E-state index in [1.807, 2.05) is 45.0 Å². The van der Waals surface area contributed by atoms with Crippen LogP contribution >= 0.6 is 0 Å². The Morgan fingerprint density at radius 2 is 1.94 bits per heavy atom. The van der Waals surface area contributed by atoms with E-state index in [-0.39, 0.29) is 11.5 Å². The van der Waals surface area contributed by atoms with Crippen LogP contribution in [0.5, 0.6) is 0 Å². The van der Waals surface area contributed by atoms with E-state index in [1.54, 1.807) is 0 Å². The molecule has 1 unspecified atom stereocenters. The van der Waals surface area contributed by atoms with E-state index in [4.69, 9.17) is 5.73 Å². The number of nitrogens with two attached hydrogens (primary N) is 1. The number of hydrogen-bond donors (Lipinski definition) is 1. The summed E-state index contributed by atoms with van der Waals surface area (Å²) in [5.74, 6) is 0.655. The normalized spacial score (nSPS) is 13.8. The summed E-state index contributed by atoms with van der Waals surface area (Å²) >= 11 is 0. The van der Waals surface area contributed by atoms with Crippen LogP contribution in [-0.2, 0) is 9.84 Å². The second-order valence-electron chi connectivity index (χ2n) is 5.32. The van der Waals surface area contributed by atoms with Crippen molar-refractivity contribution in [3.63, 3.8) is 0 Å². The molecule has 0 saturated carbocycles. The molecular formula is C14H23NO2S. The van der Waals surface area contributed by atoms with Crippen molar-refractivity contribution in [3.05, 3.63) is 35.4 Å². The number of aryl methyl sites for hydroxylation is 1. The minimum absolute atomic E-state index is 0.0309. The van der Waals surface area contributed by atoms with E-state index >= 15 is 0 Å². The topological polar surface area (TPSA) is 60.2 Å². The van der Waals surface area contributed by atoms with Crippen molar-refractivity contribution >= 4 is 9.84 Å². The molecule has 1 aromatic carbocycles. The maximum absolute atomic E-state index is 11.9. The van der Waals surface area contributed by atoms with Gasteiger partial charge in [0.1, 0.15) is 0 Å². The Kier molecular flexibility index (Phi) is 5.35. The third-order valence-electron chi connectivity index (χ3n) is 2.91. The number of rotatable bonds is 6. The van der Waals surface area contributed by atoms with Crippen molar-refractivity contribution in [1.29, 1.82) is 0 Å². The zero-order chi connectivity index (χ0) is 13.8. The first-order valence-electron chi connectivity index (χ1n) is 6.33. The van der Waals surface area contributed by atoms with Gasteiger partial charge in [0.25, 0.3) is 0 Å². The molecule has 0 bridgehead atoms. The van der Waals surface area contributed by atoms with E-state index in [0.29, 0.717) is 12.3 Å². The highest BCUT2D eigenvalue weighted by atomic mass is 32.2. The van der Waals surface area contributed by atoms with Crippen molar-refractivity contribution < 1.29 is 8.42 Å². The van der Waals surface area contributed by atoms with Crippen molar-refractivity contribution in [2.45, 2.75) is 33.2 Å². The Morgan fingerprint density at radius 1 is 1.28 bits per heavy atom. The summed E-state index contributed by atoms with van der Waals surface area (Å²) in [5.41, 5.74) is 7.97. The van der Waals surface area contributed by atoms with Crippen LogP contribution in [0.25, 0.3) is 0 Å². The second kappa shape index (κ2) is 6.34. The molecular weight excluding hydrogens is 246 g/mol. The Morgan fingerprint density at radius 3 is 2.50 bits per heavy atom. The highest BCUT2D eigenvalue weighted by Crippen LogP contribution is 2.15. The molecule has 18 heavy (non-hydrogen) atoms. The molecule has 0 fully saturated rings. The lowest BCUT2D eigenvalue weighted by Gasteiger charge is -2.14. The monoisotopic (exact) mass is 269 g/mol. The van der Waals surface area contributed by atoms with Crippen LogP contribution in [0.4, 0.5) is 0 Å². The minimum atomic E-state index is -3.06. The van der Waals surface area contributed by atoms with Gasteiger partial charge in [-0.2, -0.15) is 0 Å². The highest BCUT2D eigenvalue weighted by molar-refractivity contribution is 7.91. The van der Waals surface area contributed by atoms with Gasteiger partial charge in [-0.25, -0.2) is 8.42 Å². The fraction of sp³-hybridized carbons (Fsp3) is 0.571. The van der Waals surface area contributed by atoms with Crippen LogP contribution < -0.4 is 5.73 Å². The molecule has 0 heterocycles. The molecule has 1 aromatic rings. The Hall–Kier alpha value is -0.870. The summed E-state index contributed by atoms with van der Waals surface area (Å²) in [4.78, 5) is 0. The van der Waals surface area contributed by atoms with E-state index in [2.05, 4.69) is 0 Å². The lowest BCUT2D eigenvalue weighted by atomic mass is 10.1. The number of sulfone groups is 1. The van der Waals surface area contributed by atoms with Gasteiger partial charge >= 0.3 is 0 Å². The summed E-state index contributed by atoms with van der Waals surface area (Å²) in [6.07, 6.45) is 0.697. The fourth-order valence-corrected chi connectivity index (χ4v) is 3.51. The van der Waals surface area contributed by atoms with E-state index in [1.165, 1.54) is 0 Å². The molecule has 102 valence electrons. The standard InChI is InChI=1S/C14H23NO2S/c1-11(2)7-8-18(16,17)10-14(15)13-6-4-5-12(3)9-13/h4-6,9,11,14H,7-8,10,15H2,1-3H3. The Labute approximate surface area is 110 Å². The highest BCUT2D eigenvalue weighted by Gasteiger charge is 2.18. The van der Waals surface area contributed by atoms with Crippen LogP contribution in [0.15, 0.2) is 24.3 Å². The first kappa shape index (κ1) is 15.2. The predicted octanol–water partition coefficient (Wildman–Crippen LogP) is 2.46. The summed E-state index contributed by atoms with van der Waals surface area (Å²) in [6.45, 7) is 6.02. The maximum atomic E-state index is 11.9. The van der Waals surface area contributed by atoms with Crippen LogP contribution in [0.2, 0.25) is 0 Å². The quantitative estimate of drug-likeness (QED) is 0.863. The van der Waals surface area contributed by atoms with Gasteiger partial charge in [-0.1, -0.05) is 43.7 Å². The first-order valence-corrected chi connectivity index (χ1v) is 8.15. The third-order valence-corrected chi connectivity index (χ3v) is 4.63. The lowest BCUT2D eigenvalue weighted by molar-refractivity contribution is 0.568. The minimum Gasteiger partial charge on any atom is -0.323 e. The van der Waals surface area contributed by atoms with Crippen molar-refractivity contribution in [2.75, 3.05) is 11.5 Å². The molecule has 0 amide bonds. The van der Waals surface area contributed by atoms with Gasteiger partial charge in [0.15, 0.2) is 9.84 Å². The molecule has 0 spiro atoms. The zero-order valence-corrected chi connectivity index (χ0v) is 12.2. The Balaban J connectivity index is 2.66. The summed E-state index contributed by atoms with van der Waals surface area (Å²) in [5, 5.41) is 0. The van der Waals surface area contributed by atoms with Crippen LogP contribution in [0.1, 0.15) is 37.4 Å². The van der Waals surface area contributed by atoms with Gasteiger partial charge in [-0.05, 0) is 24.8 Å². The Bertz CT molecular complexity index is 480. The second-order valence-corrected chi connectivity index (χ2v) is 7.55. The molecule has 0 radical (unpaired) electrons. The van der Waals surface area contributed by atoms with Gasteiger partial charge in [0.05, 0.1) is 11.5 Å². The van der Waals surface area contributed by atoms with E-state index < -0.39 is 15.9 Å². The van der Waals surface area contributed by atoms with Gasteiger partial charge in [0, 0.05) is 6.04 Å². The molecule has 3 nitrogen and oxygen atoms in total. The molecule has 0 aliphatic carbocycles. The summed E-state index contributed by atoms with van der Waals surface area (Å²) in [7, 11) is -3.06. The van der Waals surface area contributed by atoms with Crippen molar-refractivity contribution in [1.82, 2.24) is 0 Å². The molecule has 0 aliphatic heterocycles. The van der Waals surface area contributed by atoms with Gasteiger partial charge in [-0.15, -0.1) is 0 Å². The predicted molar refractivity (Wildman–Crippen MR) is 76.2 cm³/mol. The first-order chi connectivity index (χ1) is 8.30. The fourth-order valence-electron chi connectivity index (χ4n) is 1.77. The molecule has 0 aromatic heterocycles. The third kappa shape index (κ3) is 5.19. The summed E-state index contributed by atoms with van der Waals surface area (Å²) < 4.78 is 23.8. The zero-order valence-electron chi connectivity index (χ0n) is 11.4. The SMILES string of the molecule is Cc1cccc(C(N)CS(=O)(=O)CCC(C)C)c1. The van der Waals surface area contributed by atoms with E-state index in [0.717, 1.165) is 11.1 Å². The average molecular weight is 269 g/mol. The number of benzene rings is 1. The largest absolute Gasteiger partial charge is 0.323 e. The molecule has 1 rings (SSSR count). The smallest absolute Gasteiger partial charge is 0.152 e. The molecule has 0 aliphatic rings. The molecule has 1 atom stereocenters. The van der Waals surface area contributed by atoms with Crippen LogP contribution in [0, 0.1) is 12.8 Å².